The number of aromatic nitrogens is 3. The zero-order chi connectivity index (χ0) is 28.4. The topological polar surface area (TPSA) is 89.3 Å². The highest BCUT2D eigenvalue weighted by atomic mass is 32.2. The lowest BCUT2D eigenvalue weighted by molar-refractivity contribution is -0.133. The first-order valence-corrected chi connectivity index (χ1v) is 14.5. The Morgan fingerprint density at radius 2 is 1.88 bits per heavy atom. The maximum atomic E-state index is 14.2. The molecule has 40 heavy (non-hydrogen) atoms. The molecule has 1 amide bonds. The van der Waals surface area contributed by atoms with E-state index in [1.54, 1.807) is 27.8 Å². The smallest absolute Gasteiger partial charge is 0.260 e. The standard InChI is InChI=1S/C30H34FN5O3S/c1-5-35(6-2)25(38)17-39-21-13-11-19(12-14-21)27-26-23(15-30(3,4)16-24(26)37)32-28-33-29(34-36(27)28)40-18-20-9-7-8-10-22(20)31/h7-14,27H,5-6,15-18H2,1-4H3,(H,32,33,34). The molecule has 2 aliphatic rings. The Morgan fingerprint density at radius 1 is 1.15 bits per heavy atom. The number of ketones is 1. The monoisotopic (exact) mass is 563 g/mol. The number of rotatable bonds is 9. The van der Waals surface area contributed by atoms with E-state index in [4.69, 9.17) is 14.8 Å². The van der Waals surface area contributed by atoms with Gasteiger partial charge in [0.1, 0.15) is 17.6 Å². The van der Waals surface area contributed by atoms with E-state index in [0.717, 1.165) is 11.3 Å². The van der Waals surface area contributed by atoms with Crippen LogP contribution in [-0.2, 0) is 15.3 Å². The summed E-state index contributed by atoms with van der Waals surface area (Å²) in [5, 5.41) is 8.62. The van der Waals surface area contributed by atoms with Crippen molar-refractivity contribution in [3.8, 4) is 5.75 Å². The summed E-state index contributed by atoms with van der Waals surface area (Å²) in [6.07, 6.45) is 1.15. The zero-order valence-electron chi connectivity index (χ0n) is 23.2. The highest BCUT2D eigenvalue weighted by Crippen LogP contribution is 2.46. The van der Waals surface area contributed by atoms with Gasteiger partial charge in [0, 0.05) is 36.5 Å². The van der Waals surface area contributed by atoms with E-state index in [-0.39, 0.29) is 29.5 Å². The molecule has 1 aliphatic carbocycles. The highest BCUT2D eigenvalue weighted by molar-refractivity contribution is 7.98. The van der Waals surface area contributed by atoms with E-state index in [1.807, 2.05) is 38.1 Å². The second-order valence-corrected chi connectivity index (χ2v) is 11.8. The summed E-state index contributed by atoms with van der Waals surface area (Å²) in [6, 6.07) is 13.6. The van der Waals surface area contributed by atoms with Crippen LogP contribution in [0.15, 0.2) is 65.0 Å². The Morgan fingerprint density at radius 3 is 2.58 bits per heavy atom. The molecule has 0 saturated heterocycles. The van der Waals surface area contributed by atoms with Crippen LogP contribution in [0.5, 0.6) is 5.75 Å². The number of thioether (sulfide) groups is 1. The summed E-state index contributed by atoms with van der Waals surface area (Å²) in [4.78, 5) is 32.3. The van der Waals surface area contributed by atoms with Gasteiger partial charge >= 0.3 is 0 Å². The van der Waals surface area contributed by atoms with Crippen LogP contribution in [0.4, 0.5) is 10.3 Å². The Kier molecular flexibility index (Phi) is 7.98. The number of likely N-dealkylation sites (N-methyl/N-ethyl adjacent to an activating group) is 1. The van der Waals surface area contributed by atoms with E-state index < -0.39 is 6.04 Å². The number of allylic oxidation sites excluding steroid dienone is 2. The Hall–Kier alpha value is -3.66. The van der Waals surface area contributed by atoms with Crippen LogP contribution in [0.25, 0.3) is 0 Å². The van der Waals surface area contributed by atoms with Crippen molar-refractivity contribution in [3.05, 3.63) is 76.7 Å². The molecule has 10 heteroatoms. The van der Waals surface area contributed by atoms with Gasteiger partial charge in [-0.05, 0) is 55.0 Å². The molecule has 0 bridgehead atoms. The minimum atomic E-state index is -0.462. The molecule has 0 spiro atoms. The second kappa shape index (κ2) is 11.4. The van der Waals surface area contributed by atoms with Gasteiger partial charge < -0.3 is 15.0 Å². The quantitative estimate of drug-likeness (QED) is 0.338. The third-order valence-corrected chi connectivity index (χ3v) is 8.19. The molecule has 210 valence electrons. The van der Waals surface area contributed by atoms with Crippen molar-refractivity contribution in [1.29, 1.82) is 0 Å². The Balaban J connectivity index is 1.43. The molecule has 1 atom stereocenters. The summed E-state index contributed by atoms with van der Waals surface area (Å²) in [5.41, 5.74) is 2.82. The minimum Gasteiger partial charge on any atom is -0.484 e. The molecule has 0 fully saturated rings. The van der Waals surface area contributed by atoms with Crippen LogP contribution in [0.1, 0.15) is 57.7 Å². The van der Waals surface area contributed by atoms with Gasteiger partial charge in [-0.1, -0.05) is 55.9 Å². The number of Topliss-reactive ketones (excluding diaryl/α,β-unsaturated/α-hetero) is 1. The number of nitrogens with one attached hydrogen (secondary N) is 1. The third-order valence-electron chi connectivity index (χ3n) is 7.30. The fourth-order valence-electron chi connectivity index (χ4n) is 5.28. The minimum absolute atomic E-state index is 0.0347. The lowest BCUT2D eigenvalue weighted by atomic mass is 9.73. The van der Waals surface area contributed by atoms with Crippen molar-refractivity contribution in [2.24, 2.45) is 5.41 Å². The van der Waals surface area contributed by atoms with Gasteiger partial charge in [-0.25, -0.2) is 9.07 Å². The normalized spacial score (nSPS) is 17.6. The fourth-order valence-corrected chi connectivity index (χ4v) is 6.09. The summed E-state index contributed by atoms with van der Waals surface area (Å²) in [7, 11) is 0. The van der Waals surface area contributed by atoms with E-state index in [0.29, 0.717) is 59.7 Å². The largest absolute Gasteiger partial charge is 0.484 e. The number of fused-ring (bicyclic) bond motifs is 1. The number of ether oxygens (including phenoxy) is 1. The van der Waals surface area contributed by atoms with Crippen LogP contribution in [0.3, 0.4) is 0 Å². The third kappa shape index (κ3) is 5.77. The number of nitrogens with zero attached hydrogens (tertiary/aromatic N) is 4. The predicted molar refractivity (Wildman–Crippen MR) is 153 cm³/mol. The second-order valence-electron chi connectivity index (χ2n) is 10.8. The number of amides is 1. The summed E-state index contributed by atoms with van der Waals surface area (Å²) in [5.74, 6) is 1.26. The van der Waals surface area contributed by atoms with Gasteiger partial charge in [-0.15, -0.1) is 5.10 Å². The summed E-state index contributed by atoms with van der Waals surface area (Å²) < 4.78 is 21.7. The SMILES string of the molecule is CCN(CC)C(=O)COc1ccc(C2C3=C(CC(C)(C)CC3=O)Nc3nc(SCc4ccccc4F)nn32)cc1. The van der Waals surface area contributed by atoms with Crippen molar-refractivity contribution in [2.75, 3.05) is 25.0 Å². The molecular formula is C30H34FN5O3S. The van der Waals surface area contributed by atoms with Crippen molar-refractivity contribution >= 4 is 29.4 Å². The van der Waals surface area contributed by atoms with E-state index >= 15 is 0 Å². The van der Waals surface area contributed by atoms with Crippen LogP contribution in [-0.4, -0.2) is 51.1 Å². The maximum Gasteiger partial charge on any atom is 0.260 e. The molecule has 1 N–H and O–H groups in total. The van der Waals surface area contributed by atoms with E-state index in [9.17, 15) is 14.0 Å². The van der Waals surface area contributed by atoms with Crippen molar-refractivity contribution < 1.29 is 18.7 Å². The van der Waals surface area contributed by atoms with Gasteiger partial charge in [0.25, 0.3) is 5.91 Å². The highest BCUT2D eigenvalue weighted by Gasteiger charge is 2.41. The Labute approximate surface area is 238 Å². The number of halogens is 1. The molecule has 2 heterocycles. The van der Waals surface area contributed by atoms with E-state index in [1.165, 1.54) is 17.8 Å². The molecule has 2 aromatic carbocycles. The first-order chi connectivity index (χ1) is 19.2. The maximum absolute atomic E-state index is 14.2. The van der Waals surface area contributed by atoms with Gasteiger partial charge in [0.15, 0.2) is 12.4 Å². The van der Waals surface area contributed by atoms with Crippen molar-refractivity contribution in [1.82, 2.24) is 19.7 Å². The first kappa shape index (κ1) is 27.9. The molecule has 1 unspecified atom stereocenters. The van der Waals surface area contributed by atoms with Crippen molar-refractivity contribution in [3.63, 3.8) is 0 Å². The van der Waals surface area contributed by atoms with Crippen molar-refractivity contribution in [2.45, 2.75) is 57.5 Å². The lowest BCUT2D eigenvalue weighted by Crippen LogP contribution is -2.36. The number of carbonyl (C=O) groups excluding carboxylic acids is 2. The first-order valence-electron chi connectivity index (χ1n) is 13.6. The van der Waals surface area contributed by atoms with Crippen LogP contribution >= 0.6 is 11.8 Å². The van der Waals surface area contributed by atoms with Gasteiger partial charge in [-0.2, -0.15) is 4.98 Å². The molecule has 0 radical (unpaired) electrons. The number of benzene rings is 2. The number of carbonyl (C=O) groups is 2. The molecular weight excluding hydrogens is 529 g/mol. The van der Waals surface area contributed by atoms with Crippen LogP contribution in [0.2, 0.25) is 0 Å². The molecule has 0 saturated carbocycles. The summed E-state index contributed by atoms with van der Waals surface area (Å²) in [6.45, 7) is 9.29. The van der Waals surface area contributed by atoms with E-state index in [2.05, 4.69) is 19.2 Å². The average molecular weight is 564 g/mol. The van der Waals surface area contributed by atoms with Gasteiger partial charge in [-0.3, -0.25) is 9.59 Å². The zero-order valence-corrected chi connectivity index (χ0v) is 24.1. The average Bonchev–Trinajstić information content (AvgIpc) is 3.33. The Bertz CT molecular complexity index is 1450. The number of hydrogen-bond donors (Lipinski definition) is 1. The lowest BCUT2D eigenvalue weighted by Gasteiger charge is -2.38. The fraction of sp³-hybridized carbons (Fsp3) is 0.400. The molecule has 5 rings (SSSR count). The molecule has 1 aromatic heterocycles. The number of anilines is 1. The van der Waals surface area contributed by atoms with Crippen LogP contribution in [0, 0.1) is 11.2 Å². The van der Waals surface area contributed by atoms with Gasteiger partial charge in [0.05, 0.1) is 0 Å². The van der Waals surface area contributed by atoms with Crippen LogP contribution < -0.4 is 10.1 Å². The molecule has 1 aliphatic heterocycles. The number of hydrogen-bond acceptors (Lipinski definition) is 7. The predicted octanol–water partition coefficient (Wildman–Crippen LogP) is 5.61. The molecule has 8 nitrogen and oxygen atoms in total. The van der Waals surface area contributed by atoms with Gasteiger partial charge in [0.2, 0.25) is 11.1 Å². The molecule has 3 aromatic rings. The summed E-state index contributed by atoms with van der Waals surface area (Å²) >= 11 is 1.35.